The van der Waals surface area contributed by atoms with Crippen molar-refractivity contribution in [2.45, 2.75) is 13.3 Å². The number of hydrogen-bond acceptors (Lipinski definition) is 4. The van der Waals surface area contributed by atoms with E-state index >= 15 is 0 Å². The van der Waals surface area contributed by atoms with E-state index in [1.807, 2.05) is 6.08 Å². The van der Waals surface area contributed by atoms with Gasteiger partial charge < -0.3 is 10.8 Å². The van der Waals surface area contributed by atoms with Crippen LogP contribution in [0.3, 0.4) is 0 Å². The molecule has 0 radical (unpaired) electrons. The molecule has 3 N–H and O–H groups in total. The zero-order chi connectivity index (χ0) is 10.6. The molecule has 0 saturated heterocycles. The molecule has 1 aromatic heterocycles. The second kappa shape index (κ2) is 4.88. The van der Waals surface area contributed by atoms with Crippen molar-refractivity contribution in [1.29, 1.82) is 0 Å². The molecule has 14 heavy (non-hydrogen) atoms. The van der Waals surface area contributed by atoms with Gasteiger partial charge >= 0.3 is 5.97 Å². The van der Waals surface area contributed by atoms with Crippen LogP contribution < -0.4 is 5.73 Å². The normalized spacial score (nSPS) is 11.0. The van der Waals surface area contributed by atoms with Gasteiger partial charge in [-0.3, -0.25) is 0 Å². The minimum atomic E-state index is -0.918. The topological polar surface area (TPSA) is 76.2 Å². The van der Waals surface area contributed by atoms with Crippen LogP contribution in [0.1, 0.15) is 26.8 Å². The highest BCUT2D eigenvalue weighted by molar-refractivity contribution is 7.14. The number of rotatable bonds is 4. The first-order valence-electron chi connectivity index (χ1n) is 4.22. The lowest BCUT2D eigenvalue weighted by Gasteiger charge is -1.84. The van der Waals surface area contributed by atoms with E-state index in [9.17, 15) is 4.79 Å². The third-order valence-corrected chi connectivity index (χ3v) is 2.71. The van der Waals surface area contributed by atoms with E-state index in [-0.39, 0.29) is 0 Å². The zero-order valence-electron chi connectivity index (χ0n) is 7.86. The first-order chi connectivity index (χ1) is 6.65. The van der Waals surface area contributed by atoms with Crippen molar-refractivity contribution in [3.8, 4) is 0 Å². The van der Waals surface area contributed by atoms with Crippen molar-refractivity contribution in [1.82, 2.24) is 4.98 Å². The SMILES string of the molecule is Cc1nc(C=CCCN)sc1C(=O)O. The Morgan fingerprint density at radius 2 is 2.43 bits per heavy atom. The summed E-state index contributed by atoms with van der Waals surface area (Å²) >= 11 is 1.18. The van der Waals surface area contributed by atoms with Gasteiger partial charge in [0.1, 0.15) is 9.88 Å². The monoisotopic (exact) mass is 212 g/mol. The van der Waals surface area contributed by atoms with Crippen LogP contribution in [0, 0.1) is 6.92 Å². The summed E-state index contributed by atoms with van der Waals surface area (Å²) in [4.78, 5) is 15.1. The Hall–Kier alpha value is -1.20. The van der Waals surface area contributed by atoms with Gasteiger partial charge in [0.2, 0.25) is 0 Å². The van der Waals surface area contributed by atoms with Crippen molar-refractivity contribution < 1.29 is 9.90 Å². The van der Waals surface area contributed by atoms with Crippen LogP contribution in [0.25, 0.3) is 6.08 Å². The summed E-state index contributed by atoms with van der Waals surface area (Å²) in [5.74, 6) is -0.918. The van der Waals surface area contributed by atoms with Crippen LogP contribution in [-0.4, -0.2) is 22.6 Å². The highest BCUT2D eigenvalue weighted by Crippen LogP contribution is 2.19. The van der Waals surface area contributed by atoms with E-state index in [2.05, 4.69) is 4.98 Å². The second-order valence-corrected chi connectivity index (χ2v) is 3.78. The van der Waals surface area contributed by atoms with Crippen LogP contribution in [0.4, 0.5) is 0 Å². The Balaban J connectivity index is 2.81. The predicted molar refractivity (Wildman–Crippen MR) is 56.5 cm³/mol. The maximum absolute atomic E-state index is 10.7. The predicted octanol–water partition coefficient (Wildman–Crippen LogP) is 1.51. The molecule has 1 rings (SSSR count). The molecule has 0 aliphatic heterocycles. The first-order valence-corrected chi connectivity index (χ1v) is 5.04. The van der Waals surface area contributed by atoms with E-state index in [0.29, 0.717) is 22.1 Å². The molecule has 0 bridgehead atoms. The standard InChI is InChI=1S/C9H12N2O2S/c1-6-8(9(12)13)14-7(11-6)4-2-3-5-10/h2,4H,3,5,10H2,1H3,(H,12,13). The molecule has 0 aromatic carbocycles. The number of aryl methyl sites for hydroxylation is 1. The highest BCUT2D eigenvalue weighted by Gasteiger charge is 2.11. The molecule has 4 nitrogen and oxygen atoms in total. The number of carbonyl (C=O) groups is 1. The molecule has 0 saturated carbocycles. The fourth-order valence-corrected chi connectivity index (χ4v) is 1.80. The lowest BCUT2D eigenvalue weighted by Crippen LogP contribution is -1.94. The Kier molecular flexibility index (Phi) is 3.79. The molecule has 0 spiro atoms. The van der Waals surface area contributed by atoms with Gasteiger partial charge in [0.15, 0.2) is 0 Å². The molecule has 0 aliphatic rings. The highest BCUT2D eigenvalue weighted by atomic mass is 32.1. The Bertz CT molecular complexity index is 358. The summed E-state index contributed by atoms with van der Waals surface area (Å²) in [5, 5.41) is 9.49. The van der Waals surface area contributed by atoms with E-state index < -0.39 is 5.97 Å². The Morgan fingerprint density at radius 3 is 2.93 bits per heavy atom. The Morgan fingerprint density at radius 1 is 1.71 bits per heavy atom. The molecule has 1 heterocycles. The zero-order valence-corrected chi connectivity index (χ0v) is 8.67. The second-order valence-electron chi connectivity index (χ2n) is 2.75. The summed E-state index contributed by atoms with van der Waals surface area (Å²) in [7, 11) is 0. The Labute approximate surface area is 86.1 Å². The van der Waals surface area contributed by atoms with Gasteiger partial charge in [-0.25, -0.2) is 9.78 Å². The molecule has 0 atom stereocenters. The van der Waals surface area contributed by atoms with Crippen LogP contribution >= 0.6 is 11.3 Å². The average Bonchev–Trinajstić information content (AvgIpc) is 2.47. The number of nitrogens with two attached hydrogens (primary N) is 1. The summed E-state index contributed by atoms with van der Waals surface area (Å²) in [6.07, 6.45) is 4.47. The lowest BCUT2D eigenvalue weighted by molar-refractivity contribution is 0.0701. The molecule has 0 amide bonds. The molecule has 5 heteroatoms. The van der Waals surface area contributed by atoms with E-state index in [1.54, 1.807) is 13.0 Å². The third kappa shape index (κ3) is 2.65. The smallest absolute Gasteiger partial charge is 0.347 e. The number of hydrogen-bond donors (Lipinski definition) is 2. The van der Waals surface area contributed by atoms with Crippen molar-refractivity contribution in [2.75, 3.05) is 6.54 Å². The number of thiazole rings is 1. The lowest BCUT2D eigenvalue weighted by atomic mass is 10.4. The fraction of sp³-hybridized carbons (Fsp3) is 0.333. The summed E-state index contributed by atoms with van der Waals surface area (Å²) < 4.78 is 0. The first kappa shape index (κ1) is 10.9. The minimum Gasteiger partial charge on any atom is -0.477 e. The van der Waals surface area contributed by atoms with Crippen molar-refractivity contribution in [2.24, 2.45) is 5.73 Å². The molecular weight excluding hydrogens is 200 g/mol. The third-order valence-electron chi connectivity index (χ3n) is 1.60. The summed E-state index contributed by atoms with van der Waals surface area (Å²) in [6, 6.07) is 0. The number of carboxylic acid groups (broad SMARTS) is 1. The van der Waals surface area contributed by atoms with Crippen molar-refractivity contribution in [3.63, 3.8) is 0 Å². The number of aromatic carboxylic acids is 1. The molecule has 1 aromatic rings. The van der Waals surface area contributed by atoms with E-state index in [0.717, 1.165) is 6.42 Å². The quantitative estimate of drug-likeness (QED) is 0.793. The fourth-order valence-electron chi connectivity index (χ4n) is 0.967. The number of nitrogens with zero attached hydrogens (tertiary/aromatic N) is 1. The van der Waals surface area contributed by atoms with Crippen molar-refractivity contribution in [3.05, 3.63) is 21.7 Å². The van der Waals surface area contributed by atoms with E-state index in [4.69, 9.17) is 10.8 Å². The minimum absolute atomic E-state index is 0.303. The van der Waals surface area contributed by atoms with Gasteiger partial charge in [0.25, 0.3) is 0 Å². The van der Waals surface area contributed by atoms with Gasteiger partial charge in [-0.2, -0.15) is 0 Å². The van der Waals surface area contributed by atoms with Crippen LogP contribution in [0.2, 0.25) is 0 Å². The van der Waals surface area contributed by atoms with Crippen molar-refractivity contribution >= 4 is 23.4 Å². The van der Waals surface area contributed by atoms with Gasteiger partial charge in [-0.15, -0.1) is 11.3 Å². The van der Waals surface area contributed by atoms with Crippen LogP contribution in [-0.2, 0) is 0 Å². The van der Waals surface area contributed by atoms with Crippen LogP contribution in [0.15, 0.2) is 6.08 Å². The summed E-state index contributed by atoms with van der Waals surface area (Å²) in [5.41, 5.74) is 5.88. The molecule has 76 valence electrons. The average molecular weight is 212 g/mol. The van der Waals surface area contributed by atoms with Gasteiger partial charge in [-0.1, -0.05) is 6.08 Å². The summed E-state index contributed by atoms with van der Waals surface area (Å²) in [6.45, 7) is 2.28. The molecule has 0 unspecified atom stereocenters. The largest absolute Gasteiger partial charge is 0.477 e. The molecule has 0 fully saturated rings. The number of carboxylic acids is 1. The van der Waals surface area contributed by atoms with Gasteiger partial charge in [0, 0.05) is 0 Å². The molecular formula is C9H12N2O2S. The van der Waals surface area contributed by atoms with Crippen LogP contribution in [0.5, 0.6) is 0 Å². The van der Waals surface area contributed by atoms with E-state index in [1.165, 1.54) is 11.3 Å². The maximum Gasteiger partial charge on any atom is 0.347 e. The number of aromatic nitrogens is 1. The van der Waals surface area contributed by atoms with Gasteiger partial charge in [-0.05, 0) is 26.0 Å². The maximum atomic E-state index is 10.7. The molecule has 0 aliphatic carbocycles. The van der Waals surface area contributed by atoms with Gasteiger partial charge in [0.05, 0.1) is 5.69 Å².